The molecule has 0 atom stereocenters. The smallest absolute Gasteiger partial charge is 0.306 e. The summed E-state index contributed by atoms with van der Waals surface area (Å²) in [6.45, 7) is 4.57. The zero-order valence-corrected chi connectivity index (χ0v) is 9.85. The van der Waals surface area contributed by atoms with Crippen LogP contribution >= 0.6 is 0 Å². The molecule has 1 aromatic heterocycles. The minimum atomic E-state index is -0.159. The standard InChI is InChI=1S/C12H18N2O2/c1-3-14(9-6-12(15)16-2)10-11-4-7-13-8-5-11/h4-5,7-8H,3,6,9-10H2,1-2H3. The van der Waals surface area contributed by atoms with Gasteiger partial charge in [0.05, 0.1) is 13.5 Å². The second-order valence-electron chi connectivity index (χ2n) is 3.55. The second kappa shape index (κ2) is 6.95. The Balaban J connectivity index is 2.40. The summed E-state index contributed by atoms with van der Waals surface area (Å²) in [5.74, 6) is -0.159. The van der Waals surface area contributed by atoms with Crippen LogP contribution < -0.4 is 0 Å². The number of rotatable bonds is 6. The van der Waals surface area contributed by atoms with Gasteiger partial charge in [-0.1, -0.05) is 6.92 Å². The van der Waals surface area contributed by atoms with E-state index in [0.29, 0.717) is 6.42 Å². The van der Waals surface area contributed by atoms with Gasteiger partial charge in [-0.3, -0.25) is 14.7 Å². The maximum absolute atomic E-state index is 11.0. The topological polar surface area (TPSA) is 42.4 Å². The third-order valence-corrected chi connectivity index (χ3v) is 2.46. The predicted octanol–water partition coefficient (Wildman–Crippen LogP) is 1.47. The van der Waals surface area contributed by atoms with Crippen LogP contribution in [-0.2, 0) is 16.1 Å². The van der Waals surface area contributed by atoms with E-state index < -0.39 is 0 Å². The van der Waals surface area contributed by atoms with E-state index in [1.807, 2.05) is 12.1 Å². The van der Waals surface area contributed by atoms with E-state index >= 15 is 0 Å². The van der Waals surface area contributed by atoms with Crippen LogP contribution in [0.15, 0.2) is 24.5 Å². The van der Waals surface area contributed by atoms with Crippen LogP contribution in [0.3, 0.4) is 0 Å². The highest BCUT2D eigenvalue weighted by atomic mass is 16.5. The zero-order valence-electron chi connectivity index (χ0n) is 9.85. The lowest BCUT2D eigenvalue weighted by molar-refractivity contribution is -0.141. The first kappa shape index (κ1) is 12.6. The monoisotopic (exact) mass is 222 g/mol. The fraction of sp³-hybridized carbons (Fsp3) is 0.500. The van der Waals surface area contributed by atoms with Gasteiger partial charge in [-0.2, -0.15) is 0 Å². The minimum Gasteiger partial charge on any atom is -0.469 e. The van der Waals surface area contributed by atoms with Crippen molar-refractivity contribution in [3.05, 3.63) is 30.1 Å². The lowest BCUT2D eigenvalue weighted by atomic mass is 10.2. The molecule has 0 aliphatic rings. The van der Waals surface area contributed by atoms with E-state index in [9.17, 15) is 4.79 Å². The molecule has 1 heterocycles. The molecule has 0 bridgehead atoms. The predicted molar refractivity (Wildman–Crippen MR) is 61.8 cm³/mol. The van der Waals surface area contributed by atoms with Gasteiger partial charge in [0.15, 0.2) is 0 Å². The summed E-state index contributed by atoms with van der Waals surface area (Å²) in [5, 5.41) is 0. The summed E-state index contributed by atoms with van der Waals surface area (Å²) >= 11 is 0. The summed E-state index contributed by atoms with van der Waals surface area (Å²) in [7, 11) is 1.42. The Hall–Kier alpha value is -1.42. The Morgan fingerprint density at radius 2 is 2.12 bits per heavy atom. The van der Waals surface area contributed by atoms with Crippen LogP contribution in [0, 0.1) is 0 Å². The first-order chi connectivity index (χ1) is 7.76. The highest BCUT2D eigenvalue weighted by molar-refractivity contribution is 5.69. The van der Waals surface area contributed by atoms with Crippen molar-refractivity contribution < 1.29 is 9.53 Å². The number of esters is 1. The van der Waals surface area contributed by atoms with E-state index in [-0.39, 0.29) is 5.97 Å². The molecule has 4 nitrogen and oxygen atoms in total. The van der Waals surface area contributed by atoms with Crippen molar-refractivity contribution in [2.45, 2.75) is 19.9 Å². The molecule has 4 heteroatoms. The lowest BCUT2D eigenvalue weighted by Gasteiger charge is -2.19. The van der Waals surface area contributed by atoms with Crippen LogP contribution in [0.5, 0.6) is 0 Å². The molecule has 0 spiro atoms. The van der Waals surface area contributed by atoms with Gasteiger partial charge in [0.1, 0.15) is 0 Å². The molecule has 0 N–H and O–H groups in total. The Bertz CT molecular complexity index is 314. The highest BCUT2D eigenvalue weighted by Crippen LogP contribution is 2.03. The van der Waals surface area contributed by atoms with Crippen molar-refractivity contribution in [3.8, 4) is 0 Å². The summed E-state index contributed by atoms with van der Waals surface area (Å²) < 4.78 is 4.62. The van der Waals surface area contributed by atoms with Gasteiger partial charge in [-0.15, -0.1) is 0 Å². The van der Waals surface area contributed by atoms with Gasteiger partial charge >= 0.3 is 5.97 Å². The Morgan fingerprint density at radius 3 is 2.69 bits per heavy atom. The second-order valence-corrected chi connectivity index (χ2v) is 3.55. The largest absolute Gasteiger partial charge is 0.469 e. The van der Waals surface area contributed by atoms with Crippen molar-refractivity contribution in [1.82, 2.24) is 9.88 Å². The number of hydrogen-bond donors (Lipinski definition) is 0. The molecule has 0 aliphatic heterocycles. The maximum Gasteiger partial charge on any atom is 0.306 e. The number of nitrogens with zero attached hydrogens (tertiary/aromatic N) is 2. The first-order valence-electron chi connectivity index (χ1n) is 5.44. The molecule has 88 valence electrons. The molecule has 0 radical (unpaired) electrons. The minimum absolute atomic E-state index is 0.159. The van der Waals surface area contributed by atoms with Crippen LogP contribution in [0.25, 0.3) is 0 Å². The van der Waals surface area contributed by atoms with Crippen LogP contribution in [-0.4, -0.2) is 36.1 Å². The van der Waals surface area contributed by atoms with Gasteiger partial charge in [0, 0.05) is 25.5 Å². The number of pyridine rings is 1. The van der Waals surface area contributed by atoms with Crippen molar-refractivity contribution in [2.24, 2.45) is 0 Å². The Kier molecular flexibility index (Phi) is 5.50. The molecule has 1 aromatic rings. The maximum atomic E-state index is 11.0. The average molecular weight is 222 g/mol. The number of aromatic nitrogens is 1. The number of methoxy groups -OCH3 is 1. The third kappa shape index (κ3) is 4.40. The van der Waals surface area contributed by atoms with Gasteiger partial charge in [0.2, 0.25) is 0 Å². The Morgan fingerprint density at radius 1 is 1.44 bits per heavy atom. The molecule has 0 saturated heterocycles. The summed E-state index contributed by atoms with van der Waals surface area (Å²) in [6.07, 6.45) is 4.00. The molecule has 0 saturated carbocycles. The third-order valence-electron chi connectivity index (χ3n) is 2.46. The first-order valence-corrected chi connectivity index (χ1v) is 5.44. The van der Waals surface area contributed by atoms with E-state index in [1.54, 1.807) is 12.4 Å². The molecule has 0 fully saturated rings. The van der Waals surface area contributed by atoms with Gasteiger partial charge in [-0.05, 0) is 24.2 Å². The van der Waals surface area contributed by atoms with Crippen molar-refractivity contribution >= 4 is 5.97 Å². The quantitative estimate of drug-likeness (QED) is 0.683. The molecular weight excluding hydrogens is 204 g/mol. The highest BCUT2D eigenvalue weighted by Gasteiger charge is 2.07. The van der Waals surface area contributed by atoms with Gasteiger partial charge < -0.3 is 4.74 Å². The van der Waals surface area contributed by atoms with E-state index in [4.69, 9.17) is 0 Å². The van der Waals surface area contributed by atoms with Crippen molar-refractivity contribution in [1.29, 1.82) is 0 Å². The zero-order chi connectivity index (χ0) is 11.8. The number of hydrogen-bond acceptors (Lipinski definition) is 4. The van der Waals surface area contributed by atoms with E-state index in [0.717, 1.165) is 19.6 Å². The molecular formula is C12H18N2O2. The van der Waals surface area contributed by atoms with Gasteiger partial charge in [0.25, 0.3) is 0 Å². The van der Waals surface area contributed by atoms with Crippen LogP contribution in [0.1, 0.15) is 18.9 Å². The van der Waals surface area contributed by atoms with Gasteiger partial charge in [-0.25, -0.2) is 0 Å². The molecule has 0 unspecified atom stereocenters. The number of ether oxygens (including phenoxy) is 1. The lowest BCUT2D eigenvalue weighted by Crippen LogP contribution is -2.26. The molecule has 0 aliphatic carbocycles. The fourth-order valence-corrected chi connectivity index (χ4v) is 1.45. The fourth-order valence-electron chi connectivity index (χ4n) is 1.45. The Labute approximate surface area is 96.2 Å². The SMILES string of the molecule is CCN(CCC(=O)OC)Cc1ccncc1. The van der Waals surface area contributed by atoms with Crippen LogP contribution in [0.4, 0.5) is 0 Å². The summed E-state index contributed by atoms with van der Waals surface area (Å²) in [6, 6.07) is 3.97. The molecule has 0 aromatic carbocycles. The van der Waals surface area contributed by atoms with E-state index in [1.165, 1.54) is 12.7 Å². The number of carbonyl (C=O) groups is 1. The van der Waals surface area contributed by atoms with Crippen molar-refractivity contribution in [2.75, 3.05) is 20.2 Å². The van der Waals surface area contributed by atoms with E-state index in [2.05, 4.69) is 21.5 Å². The normalized spacial score (nSPS) is 10.4. The molecule has 0 amide bonds. The average Bonchev–Trinajstić information content (AvgIpc) is 2.35. The summed E-state index contributed by atoms with van der Waals surface area (Å²) in [5.41, 5.74) is 1.21. The molecule has 16 heavy (non-hydrogen) atoms. The van der Waals surface area contributed by atoms with Crippen molar-refractivity contribution in [3.63, 3.8) is 0 Å². The number of carbonyl (C=O) groups excluding carboxylic acids is 1. The molecule has 1 rings (SSSR count). The summed E-state index contributed by atoms with van der Waals surface area (Å²) in [4.78, 5) is 17.2. The van der Waals surface area contributed by atoms with Crippen LogP contribution in [0.2, 0.25) is 0 Å².